The molecule has 1 saturated carbocycles. The second-order valence-electron chi connectivity index (χ2n) is 5.30. The molecule has 0 radical (unpaired) electrons. The highest BCUT2D eigenvalue weighted by Gasteiger charge is 2.33. The van der Waals surface area contributed by atoms with Crippen molar-refractivity contribution in [1.82, 2.24) is 0 Å². The van der Waals surface area contributed by atoms with E-state index in [-0.39, 0.29) is 19.3 Å². The zero-order chi connectivity index (χ0) is 12.8. The molecule has 0 aromatic rings. The van der Waals surface area contributed by atoms with Crippen LogP contribution in [0.15, 0.2) is 0 Å². The van der Waals surface area contributed by atoms with Gasteiger partial charge in [0.15, 0.2) is 0 Å². The van der Waals surface area contributed by atoms with Gasteiger partial charge in [0.25, 0.3) is 0 Å². The minimum Gasteiger partial charge on any atom is -0.432 e. The van der Waals surface area contributed by atoms with Gasteiger partial charge >= 0.3 is 6.16 Å². The molecule has 0 aromatic heterocycles. The van der Waals surface area contributed by atoms with E-state index in [1.54, 1.807) is 0 Å². The van der Waals surface area contributed by atoms with Gasteiger partial charge in [-0.25, -0.2) is 4.79 Å². The Morgan fingerprint density at radius 3 is 2.71 bits per heavy atom. The van der Waals surface area contributed by atoms with Crippen LogP contribution in [0.5, 0.6) is 0 Å². The predicted octanol–water partition coefficient (Wildman–Crippen LogP) is 2.59. The highest BCUT2D eigenvalue weighted by atomic mass is 16.7. The Morgan fingerprint density at radius 1 is 1.41 bits per heavy atom. The second-order valence-corrected chi connectivity index (χ2v) is 5.30. The van der Waals surface area contributed by atoms with E-state index >= 15 is 0 Å². The summed E-state index contributed by atoms with van der Waals surface area (Å²) in [4.78, 5) is 11.4. The summed E-state index contributed by atoms with van der Waals surface area (Å²) in [5, 5.41) is 8.57. The van der Waals surface area contributed by atoms with E-state index in [2.05, 4.69) is 20.8 Å². The molecule has 0 bridgehead atoms. The van der Waals surface area contributed by atoms with Crippen LogP contribution in [0.3, 0.4) is 0 Å². The zero-order valence-electron chi connectivity index (χ0n) is 11.0. The maximum Gasteiger partial charge on any atom is 0.508 e. The SMILES string of the molecule is CC1CCC(C(C)C)C(OC(=O)OCCO)C1. The summed E-state index contributed by atoms with van der Waals surface area (Å²) in [6, 6.07) is 0. The fourth-order valence-corrected chi connectivity index (χ4v) is 2.54. The van der Waals surface area contributed by atoms with Gasteiger partial charge in [-0.15, -0.1) is 0 Å². The molecule has 1 aliphatic rings. The highest BCUT2D eigenvalue weighted by Crippen LogP contribution is 2.35. The summed E-state index contributed by atoms with van der Waals surface area (Å²) < 4.78 is 10.1. The topological polar surface area (TPSA) is 55.8 Å². The molecule has 1 fully saturated rings. The lowest BCUT2D eigenvalue weighted by atomic mass is 9.75. The average Bonchev–Trinajstić information content (AvgIpc) is 2.26. The summed E-state index contributed by atoms with van der Waals surface area (Å²) in [5.74, 6) is 1.53. The molecule has 0 heterocycles. The second kappa shape index (κ2) is 6.84. The number of aliphatic hydroxyl groups excluding tert-OH is 1. The summed E-state index contributed by atoms with van der Waals surface area (Å²) in [7, 11) is 0. The van der Waals surface area contributed by atoms with E-state index in [4.69, 9.17) is 14.6 Å². The van der Waals surface area contributed by atoms with Crippen LogP contribution < -0.4 is 0 Å². The number of ether oxygens (including phenoxy) is 2. The summed E-state index contributed by atoms with van der Waals surface area (Å²) in [6.07, 6.45) is 2.54. The van der Waals surface area contributed by atoms with Crippen molar-refractivity contribution in [3.05, 3.63) is 0 Å². The minimum atomic E-state index is -0.649. The molecule has 4 heteroatoms. The predicted molar refractivity (Wildman–Crippen MR) is 64.6 cm³/mol. The number of hydrogen-bond acceptors (Lipinski definition) is 4. The molecule has 0 amide bonds. The van der Waals surface area contributed by atoms with Crippen molar-refractivity contribution in [2.45, 2.75) is 46.1 Å². The van der Waals surface area contributed by atoms with Crippen molar-refractivity contribution in [3.63, 3.8) is 0 Å². The molecule has 1 N–H and O–H groups in total. The average molecular weight is 244 g/mol. The van der Waals surface area contributed by atoms with Gasteiger partial charge in [-0.1, -0.05) is 27.2 Å². The van der Waals surface area contributed by atoms with E-state index in [9.17, 15) is 4.79 Å². The van der Waals surface area contributed by atoms with Gasteiger partial charge in [0.1, 0.15) is 12.7 Å². The minimum absolute atomic E-state index is 0.00739. The molecule has 1 rings (SSSR count). The Kier molecular flexibility index (Phi) is 5.75. The fourth-order valence-electron chi connectivity index (χ4n) is 2.54. The molecule has 100 valence electrons. The fraction of sp³-hybridized carbons (Fsp3) is 0.923. The number of hydrogen-bond donors (Lipinski definition) is 1. The Balaban J connectivity index is 2.48. The maximum absolute atomic E-state index is 11.4. The molecule has 3 unspecified atom stereocenters. The van der Waals surface area contributed by atoms with Gasteiger partial charge in [0.2, 0.25) is 0 Å². The van der Waals surface area contributed by atoms with Crippen LogP contribution in [0, 0.1) is 17.8 Å². The van der Waals surface area contributed by atoms with Gasteiger partial charge in [-0.3, -0.25) is 0 Å². The van der Waals surface area contributed by atoms with Crippen LogP contribution in [0.25, 0.3) is 0 Å². The lowest BCUT2D eigenvalue weighted by molar-refractivity contribution is -0.0351. The van der Waals surface area contributed by atoms with Crippen LogP contribution in [-0.2, 0) is 9.47 Å². The van der Waals surface area contributed by atoms with Crippen LogP contribution >= 0.6 is 0 Å². The molecular weight excluding hydrogens is 220 g/mol. The third-order valence-corrected chi connectivity index (χ3v) is 3.52. The monoisotopic (exact) mass is 244 g/mol. The van der Waals surface area contributed by atoms with E-state index in [1.165, 1.54) is 6.42 Å². The van der Waals surface area contributed by atoms with E-state index in [0.29, 0.717) is 17.8 Å². The largest absolute Gasteiger partial charge is 0.508 e. The Morgan fingerprint density at radius 2 is 2.12 bits per heavy atom. The third-order valence-electron chi connectivity index (χ3n) is 3.52. The third kappa shape index (κ3) is 4.54. The standard InChI is InChI=1S/C13H24O4/c1-9(2)11-5-4-10(3)8-12(11)17-13(15)16-7-6-14/h9-12,14H,4-8H2,1-3H3. The van der Waals surface area contributed by atoms with Crippen molar-refractivity contribution >= 4 is 6.16 Å². The van der Waals surface area contributed by atoms with E-state index in [1.807, 2.05) is 0 Å². The molecule has 3 atom stereocenters. The van der Waals surface area contributed by atoms with Gasteiger partial charge < -0.3 is 14.6 Å². The molecule has 1 aliphatic carbocycles. The van der Waals surface area contributed by atoms with Gasteiger partial charge in [-0.2, -0.15) is 0 Å². The van der Waals surface area contributed by atoms with Gasteiger partial charge in [0.05, 0.1) is 6.61 Å². The number of carbonyl (C=O) groups excluding carboxylic acids is 1. The Hall–Kier alpha value is -0.770. The van der Waals surface area contributed by atoms with Crippen LogP contribution in [0.2, 0.25) is 0 Å². The molecule has 0 spiro atoms. The summed E-state index contributed by atoms with van der Waals surface area (Å²) in [5.41, 5.74) is 0. The van der Waals surface area contributed by atoms with Crippen molar-refractivity contribution < 1.29 is 19.4 Å². The molecule has 17 heavy (non-hydrogen) atoms. The smallest absolute Gasteiger partial charge is 0.432 e. The van der Waals surface area contributed by atoms with Crippen LogP contribution in [0.4, 0.5) is 4.79 Å². The Bertz CT molecular complexity index is 240. The Labute approximate surface area is 103 Å². The molecule has 0 aliphatic heterocycles. The normalized spacial score (nSPS) is 29.1. The lowest BCUT2D eigenvalue weighted by Crippen LogP contribution is -2.36. The van der Waals surface area contributed by atoms with E-state index in [0.717, 1.165) is 12.8 Å². The highest BCUT2D eigenvalue weighted by molar-refractivity contribution is 5.60. The van der Waals surface area contributed by atoms with Crippen molar-refractivity contribution in [2.75, 3.05) is 13.2 Å². The van der Waals surface area contributed by atoms with Gasteiger partial charge in [0, 0.05) is 0 Å². The number of rotatable bonds is 4. The van der Waals surface area contributed by atoms with Crippen LogP contribution in [-0.4, -0.2) is 30.6 Å². The first-order valence-corrected chi connectivity index (χ1v) is 6.48. The first-order valence-electron chi connectivity index (χ1n) is 6.48. The maximum atomic E-state index is 11.4. The zero-order valence-corrected chi connectivity index (χ0v) is 11.0. The van der Waals surface area contributed by atoms with E-state index < -0.39 is 6.16 Å². The molecule has 0 aromatic carbocycles. The first-order chi connectivity index (χ1) is 8.04. The number of aliphatic hydroxyl groups is 1. The molecule has 4 nitrogen and oxygen atoms in total. The lowest BCUT2D eigenvalue weighted by Gasteiger charge is -2.36. The molecule has 0 saturated heterocycles. The molecular formula is C13H24O4. The van der Waals surface area contributed by atoms with Crippen LogP contribution in [0.1, 0.15) is 40.0 Å². The van der Waals surface area contributed by atoms with Gasteiger partial charge in [-0.05, 0) is 30.6 Å². The number of carbonyl (C=O) groups is 1. The quantitative estimate of drug-likeness (QED) is 0.772. The summed E-state index contributed by atoms with van der Waals surface area (Å²) >= 11 is 0. The van der Waals surface area contributed by atoms with Crippen molar-refractivity contribution in [2.24, 2.45) is 17.8 Å². The van der Waals surface area contributed by atoms with Crippen molar-refractivity contribution in [3.8, 4) is 0 Å². The van der Waals surface area contributed by atoms with Crippen molar-refractivity contribution in [1.29, 1.82) is 0 Å². The first kappa shape index (κ1) is 14.3. The summed E-state index contributed by atoms with van der Waals surface area (Å²) in [6.45, 7) is 6.36.